The van der Waals surface area contributed by atoms with E-state index in [0.717, 1.165) is 37.0 Å². The minimum absolute atomic E-state index is 0.00463. The van der Waals surface area contributed by atoms with E-state index in [1.165, 1.54) is 86.5 Å². The molecule has 57 heteroatoms. The number of phosphoric ester groups is 2. The van der Waals surface area contributed by atoms with Crippen molar-refractivity contribution in [2.24, 2.45) is 0 Å². The molecule has 0 radical (unpaired) electrons. The number of rotatable bonds is 45. The largest absolute Gasteiger partial charge is 0.472 e. The number of nitrogens with zero attached hydrogens (tertiary/aromatic N) is 9. The van der Waals surface area contributed by atoms with Crippen LogP contribution < -0.4 is 50.9 Å². The van der Waals surface area contributed by atoms with Gasteiger partial charge in [0.25, 0.3) is 16.7 Å². The lowest BCUT2D eigenvalue weighted by Crippen LogP contribution is -2.42. The molecule has 122 heavy (non-hydrogen) atoms. The van der Waals surface area contributed by atoms with E-state index in [1.807, 2.05) is 0 Å². The van der Waals surface area contributed by atoms with E-state index in [4.69, 9.17) is 142 Å². The third-order valence-corrected chi connectivity index (χ3v) is 24.7. The quantitative estimate of drug-likeness (QED) is 0.0138. The fraction of sp³-hybridized carbons (Fsp3) is 0.677. The number of nitrogens with one attached hydrogen (secondary N) is 3. The number of phosphoric acid groups is 2. The molecule has 11 rings (SSSR count). The third kappa shape index (κ3) is 23.2. The van der Waals surface area contributed by atoms with Gasteiger partial charge in [-0.15, -0.1) is 0 Å². The normalized spacial score (nSPS) is 29.4. The van der Waals surface area contributed by atoms with Gasteiger partial charge in [0.2, 0.25) is 0 Å². The molecule has 51 nitrogen and oxygen atoms in total. The molecule has 6 aromatic rings. The van der Waals surface area contributed by atoms with Gasteiger partial charge in [0.1, 0.15) is 103 Å². The van der Waals surface area contributed by atoms with E-state index in [1.54, 1.807) is 6.92 Å². The summed E-state index contributed by atoms with van der Waals surface area (Å²) in [7, 11) is -4.53. The molecular weight excluding hydrogens is 1760 g/mol. The predicted molar refractivity (Wildman–Crippen MR) is 421 cm³/mol. The Bertz CT molecular complexity index is 5240. The first-order chi connectivity index (χ1) is 57.9. The Morgan fingerprint density at radius 2 is 0.770 bits per heavy atom. The summed E-state index contributed by atoms with van der Waals surface area (Å²) in [5.74, 6) is -0.173. The number of aliphatic hydroxyl groups excluding tert-OH is 1. The summed E-state index contributed by atoms with van der Waals surface area (Å²) < 4.78 is 171. The number of hydrogen-bond acceptors (Lipinski definition) is 41. The summed E-state index contributed by atoms with van der Waals surface area (Å²) in [5.41, 5.74) is 6.36. The molecule has 12 N–H and O–H groups in total. The van der Waals surface area contributed by atoms with E-state index in [-0.39, 0.29) is 106 Å². The van der Waals surface area contributed by atoms with Crippen LogP contribution in [-0.2, 0) is 140 Å². The number of aryl methyl sites for hydroxylation is 4. The molecule has 24 atom stereocenters. The second kappa shape index (κ2) is 42.1. The van der Waals surface area contributed by atoms with Crippen molar-refractivity contribution in [1.29, 1.82) is 0 Å². The number of methoxy groups -OCH3 is 5. The number of nitrogen functional groups attached to an aromatic ring is 2. The number of H-pyrrole nitrogens is 3. The first-order valence-corrected chi connectivity index (χ1v) is 45.4. The summed E-state index contributed by atoms with van der Waals surface area (Å²) in [6.45, 7) is -8.27. The highest BCUT2D eigenvalue weighted by atomic mass is 32.5. The summed E-state index contributed by atoms with van der Waals surface area (Å²) in [6, 6.07) is 0. The molecule has 0 aromatic carbocycles. The van der Waals surface area contributed by atoms with Crippen LogP contribution in [0.1, 0.15) is 60.3 Å². The second-order valence-corrected chi connectivity index (χ2v) is 36.4. The molecule has 11 heterocycles. The lowest BCUT2D eigenvalue weighted by molar-refractivity contribution is -0.0848. The number of fused-ring (bicyclic) bond motifs is 1. The topological polar surface area (TPSA) is 643 Å². The number of aliphatic hydroxyl groups is 1. The van der Waals surface area contributed by atoms with Gasteiger partial charge in [-0.3, -0.25) is 79.3 Å². The Kier molecular flexibility index (Phi) is 33.2. The summed E-state index contributed by atoms with van der Waals surface area (Å²) in [5, 5.41) is 11.7. The summed E-state index contributed by atoms with van der Waals surface area (Å²) in [6.07, 6.45) is -25.0. The van der Waals surface area contributed by atoms with Gasteiger partial charge in [-0.1, -0.05) is 0 Å². The van der Waals surface area contributed by atoms with Gasteiger partial charge in [0, 0.05) is 82.6 Å². The highest BCUT2D eigenvalue weighted by Gasteiger charge is 2.57. The van der Waals surface area contributed by atoms with Crippen LogP contribution in [0.4, 0.5) is 11.6 Å². The Hall–Kier alpha value is -6.29. The summed E-state index contributed by atoms with van der Waals surface area (Å²) in [4.78, 5) is 164. The van der Waals surface area contributed by atoms with Gasteiger partial charge in [0.15, 0.2) is 42.6 Å². The van der Waals surface area contributed by atoms with Gasteiger partial charge in [-0.05, 0) is 58.2 Å². The van der Waals surface area contributed by atoms with Crippen LogP contribution in [0.5, 0.6) is 0 Å². The minimum Gasteiger partial charge on any atom is -0.387 e. The Balaban J connectivity index is 0.895. The minimum atomic E-state index is -5.81. The van der Waals surface area contributed by atoms with Crippen molar-refractivity contribution in [3.05, 3.63) is 133 Å². The fourth-order valence-electron chi connectivity index (χ4n) is 13.6. The first kappa shape index (κ1) is 96.3. The average molecular weight is 1850 g/mol. The predicted octanol–water partition coefficient (Wildman–Crippen LogP) is -2.60. The SMILES string of the molecule is COCCO[C@H]1C(OP(=O)(O)OC[C@H]2O[C@@H](n3cc(C)c(=O)[nH]c3=O)[C@@H](OCCOC)C2OP(=O)(O)OC[C@H]2O[C@@H](n3cnc4c(N)ncnc43)[C@@H](OCCOC)C2OP(O)(=S)OC[C@H]2O[C@@H](n3cc(C)c(=O)[nH]c3=O)[C@@H](OCCOC)C2OP(O)(=S)OC[C@H]2O[C@@H](n3cc(C)c(N)nc3=O)[C@@H](OCCOC)C2O)[C@@H](C)O[C@H]1n1cc(C)c(=O)[nH]c1=O. The van der Waals surface area contributed by atoms with Crippen molar-refractivity contribution in [3.8, 4) is 0 Å². The molecule has 680 valence electrons. The average Bonchev–Trinajstić information content (AvgIpc) is 1.43. The maximum atomic E-state index is 15.1. The van der Waals surface area contributed by atoms with E-state index >= 15 is 4.57 Å². The van der Waals surface area contributed by atoms with Crippen LogP contribution in [0.2, 0.25) is 0 Å². The molecule has 9 unspecified atom stereocenters. The van der Waals surface area contributed by atoms with E-state index in [0.29, 0.717) is 5.56 Å². The van der Waals surface area contributed by atoms with Gasteiger partial charge < -0.3 is 116 Å². The molecule has 5 fully saturated rings. The zero-order valence-corrected chi connectivity index (χ0v) is 72.2. The van der Waals surface area contributed by atoms with E-state index in [9.17, 15) is 62.8 Å². The Morgan fingerprint density at radius 3 is 1.20 bits per heavy atom. The number of imidazole rings is 1. The van der Waals surface area contributed by atoms with Crippen molar-refractivity contribution in [2.45, 2.75) is 157 Å². The zero-order chi connectivity index (χ0) is 88.4. The van der Waals surface area contributed by atoms with Gasteiger partial charge >= 0.3 is 51.8 Å². The maximum Gasteiger partial charge on any atom is 0.472 e. The third-order valence-electron chi connectivity index (χ3n) is 19.6. The smallest absolute Gasteiger partial charge is 0.387 e. The standard InChI is InChI=1S/C65H96N14O37P4S2/c1-31-21-75(62(84)71-51(31)66)57-46(99-16-11-94-6)41(80)36(109-57)25-106-119(92,121)116-45-39(111-60(49(45)102-19-14-97-9)78-24-34(4)56(83)74-65(78)87)28-107-120(93,122)115-44-38(112-61(50(44)103-20-15-98-10)79-30-70-40-52(67)68-29-69-53(40)79)27-105-118(90,91)114-43-37(110-59(48(43)101-18-13-96-8)77-23-33(3)55(82)73-64(77)86)26-104-117(88,89)113-42-35(5)108-58(47(42)100-17-12-95-7)76-22-32(2)54(81)72-63(76)85/h21-24,29-30,35-39,41-50,57-61,80H,11-20,25-28H2,1-10H3,(H,88,89)(H,90,91)(H,92,121)(H,93,122)(H2,66,71,84)(H2,67,68,69)(H,72,81,85)(H,73,82,86)(H,74,83,87)/t35-,36-,37-,38-,39-,41?,42?,43?,44?,45?,46+,47+,48+,49+,50+,57-,58-,59-,60-,61-,119?,120?/m1/s1. The van der Waals surface area contributed by atoms with Crippen molar-refractivity contribution in [1.82, 2.24) is 57.7 Å². The summed E-state index contributed by atoms with van der Waals surface area (Å²) >= 11 is 11.4. The van der Waals surface area contributed by atoms with Crippen molar-refractivity contribution in [2.75, 3.05) is 140 Å². The number of aromatic nitrogens is 12. The molecule has 5 saturated heterocycles. The Labute approximate surface area is 700 Å². The molecule has 6 aromatic heterocycles. The lowest BCUT2D eigenvalue weighted by atomic mass is 10.1. The zero-order valence-electron chi connectivity index (χ0n) is 67.0. The van der Waals surface area contributed by atoms with Crippen molar-refractivity contribution < 1.29 is 141 Å². The van der Waals surface area contributed by atoms with Crippen LogP contribution in [0.25, 0.3) is 11.2 Å². The van der Waals surface area contributed by atoms with Crippen molar-refractivity contribution >= 4 is 75.5 Å². The monoisotopic (exact) mass is 1850 g/mol. The molecule has 0 bridgehead atoms. The van der Waals surface area contributed by atoms with Crippen LogP contribution >= 0.6 is 29.1 Å². The molecular formula is C65H96N14O37P4S2. The Morgan fingerprint density at radius 1 is 0.426 bits per heavy atom. The number of aromatic amines is 3. The molecule has 0 amide bonds. The molecule has 0 saturated carbocycles. The van der Waals surface area contributed by atoms with Crippen LogP contribution in [0, 0.1) is 27.7 Å². The van der Waals surface area contributed by atoms with Crippen molar-refractivity contribution in [3.63, 3.8) is 0 Å². The first-order valence-electron chi connectivity index (χ1n) is 37.3. The maximum absolute atomic E-state index is 15.1. The molecule has 0 aliphatic carbocycles. The van der Waals surface area contributed by atoms with Crippen LogP contribution in [-0.4, -0.2) is 302 Å². The number of hydrogen-bond donors (Lipinski definition) is 10. The van der Waals surface area contributed by atoms with Crippen LogP contribution in [0.3, 0.4) is 0 Å². The van der Waals surface area contributed by atoms with E-state index in [2.05, 4.69) is 34.9 Å². The number of anilines is 2. The van der Waals surface area contributed by atoms with Gasteiger partial charge in [-0.2, -0.15) is 4.98 Å². The number of ether oxygens (including phenoxy) is 15. The number of nitrogens with two attached hydrogens (primary N) is 2. The van der Waals surface area contributed by atoms with E-state index < -0.39 is 218 Å². The molecule has 0 spiro atoms. The molecule has 5 aliphatic rings. The second-order valence-electron chi connectivity index (χ2n) is 28.0. The fourth-order valence-corrected chi connectivity index (χ4v) is 18.4. The highest BCUT2D eigenvalue weighted by Crippen LogP contribution is 2.56. The molecule has 5 aliphatic heterocycles. The van der Waals surface area contributed by atoms with Gasteiger partial charge in [-0.25, -0.2) is 43.3 Å². The lowest BCUT2D eigenvalue weighted by Gasteiger charge is -2.30. The van der Waals surface area contributed by atoms with Crippen LogP contribution in [0.15, 0.2) is 71.0 Å². The van der Waals surface area contributed by atoms with Gasteiger partial charge in [0.05, 0.1) is 105 Å². The highest BCUT2D eigenvalue weighted by molar-refractivity contribution is 8.07.